The van der Waals surface area contributed by atoms with E-state index < -0.39 is 9.76 Å². The van der Waals surface area contributed by atoms with Crippen LogP contribution in [0.1, 0.15) is 77.0 Å². The largest absolute Gasteiger partial charge is 0.438 e. The molecule has 0 aliphatic heterocycles. The summed E-state index contributed by atoms with van der Waals surface area (Å²) >= 11 is 0. The van der Waals surface area contributed by atoms with Gasteiger partial charge in [0.05, 0.1) is 0 Å². The summed E-state index contributed by atoms with van der Waals surface area (Å²) in [7, 11) is -0.686. The van der Waals surface area contributed by atoms with E-state index in [1.54, 1.807) is 0 Å². The van der Waals surface area contributed by atoms with Gasteiger partial charge >= 0.3 is 0 Å². The van der Waals surface area contributed by atoms with Gasteiger partial charge in [0.2, 0.25) is 0 Å². The summed E-state index contributed by atoms with van der Waals surface area (Å²) in [6.45, 7) is 0. The molecule has 0 aromatic heterocycles. The molecule has 0 amide bonds. The highest BCUT2D eigenvalue weighted by Crippen LogP contribution is 2.42. The first-order valence-corrected chi connectivity index (χ1v) is 10.2. The molecule has 0 spiro atoms. The van der Waals surface area contributed by atoms with E-state index in [0.717, 1.165) is 23.8 Å². The molecule has 2 saturated carbocycles. The van der Waals surface area contributed by atoms with Gasteiger partial charge in [-0.2, -0.15) is 0 Å². The van der Waals surface area contributed by atoms with Crippen molar-refractivity contribution in [2.45, 2.75) is 83.1 Å². The van der Waals surface area contributed by atoms with Crippen LogP contribution in [-0.4, -0.2) is 14.6 Å². The van der Waals surface area contributed by atoms with Gasteiger partial charge in [0.25, 0.3) is 0 Å². The van der Waals surface area contributed by atoms with Gasteiger partial charge in [-0.05, 0) is 23.8 Å². The third kappa shape index (κ3) is 4.38. The van der Waals surface area contributed by atoms with E-state index in [1.807, 2.05) is 0 Å². The second kappa shape index (κ2) is 8.37. The molecular weight excluding hydrogens is 236 g/mol. The lowest BCUT2D eigenvalue weighted by atomic mass is 9.68. The zero-order valence-corrected chi connectivity index (χ0v) is 13.5. The molecule has 1 N–H and O–H groups in total. The summed E-state index contributed by atoms with van der Waals surface area (Å²) in [4.78, 5) is 9.14. The predicted molar refractivity (Wildman–Crippen MR) is 81.4 cm³/mol. The normalized spacial score (nSPS) is 24.3. The maximum Gasteiger partial charge on any atom is 0.156 e. The third-order valence-corrected chi connectivity index (χ3v) is 6.27. The van der Waals surface area contributed by atoms with Crippen LogP contribution in [0.15, 0.2) is 0 Å². The predicted octanol–water partition coefficient (Wildman–Crippen LogP) is 4.04. The molecule has 0 bridgehead atoms. The molecule has 2 aliphatic carbocycles. The first-order valence-electron chi connectivity index (χ1n) is 8.52. The highest BCUT2D eigenvalue weighted by molar-refractivity contribution is 6.25. The van der Waals surface area contributed by atoms with E-state index in [1.165, 1.54) is 77.0 Å². The van der Waals surface area contributed by atoms with Crippen molar-refractivity contribution in [3.63, 3.8) is 0 Å². The summed E-state index contributed by atoms with van der Waals surface area (Å²) < 4.78 is 0. The molecule has 0 heterocycles. The van der Waals surface area contributed by atoms with Crippen LogP contribution in [0.2, 0.25) is 6.04 Å². The molecule has 0 aromatic rings. The van der Waals surface area contributed by atoms with E-state index in [0.29, 0.717) is 0 Å². The van der Waals surface area contributed by atoms with Crippen molar-refractivity contribution in [1.82, 2.24) is 0 Å². The summed E-state index contributed by atoms with van der Waals surface area (Å²) in [5.41, 5.74) is 0. The average Bonchev–Trinajstić information content (AvgIpc) is 2.46. The molecular formula is C16H32OSi. The van der Waals surface area contributed by atoms with Crippen LogP contribution in [0.3, 0.4) is 0 Å². The van der Waals surface area contributed by atoms with Crippen molar-refractivity contribution in [1.29, 1.82) is 0 Å². The molecule has 18 heavy (non-hydrogen) atoms. The van der Waals surface area contributed by atoms with Crippen molar-refractivity contribution in [3.05, 3.63) is 0 Å². The van der Waals surface area contributed by atoms with Gasteiger partial charge in [-0.15, -0.1) is 0 Å². The molecule has 0 aromatic carbocycles. The van der Waals surface area contributed by atoms with Gasteiger partial charge in [0.15, 0.2) is 9.76 Å². The Morgan fingerprint density at radius 1 is 0.833 bits per heavy atom. The standard InChI is InChI=1S/C16H32OSi/c17-18-13-7-12-16(14-8-3-1-4-9-14)15-10-5-2-6-11-15/h14-17H,1-13,18H2. The van der Waals surface area contributed by atoms with E-state index in [2.05, 4.69) is 0 Å². The van der Waals surface area contributed by atoms with Gasteiger partial charge in [-0.1, -0.05) is 77.0 Å². The SMILES string of the molecule is O[SiH2]CCCC(C1CCCCC1)C1CCCCC1. The van der Waals surface area contributed by atoms with Crippen LogP contribution in [0.5, 0.6) is 0 Å². The van der Waals surface area contributed by atoms with E-state index in [4.69, 9.17) is 4.80 Å². The van der Waals surface area contributed by atoms with Crippen molar-refractivity contribution in [2.24, 2.45) is 17.8 Å². The summed E-state index contributed by atoms with van der Waals surface area (Å²) in [6.07, 6.45) is 17.7. The van der Waals surface area contributed by atoms with Crippen LogP contribution in [-0.2, 0) is 0 Å². The van der Waals surface area contributed by atoms with Gasteiger partial charge in [0.1, 0.15) is 0 Å². The Morgan fingerprint density at radius 3 is 1.78 bits per heavy atom. The number of rotatable bonds is 6. The molecule has 2 rings (SSSR count). The van der Waals surface area contributed by atoms with Crippen LogP contribution < -0.4 is 0 Å². The fraction of sp³-hybridized carbons (Fsp3) is 1.00. The molecule has 106 valence electrons. The van der Waals surface area contributed by atoms with Crippen molar-refractivity contribution in [2.75, 3.05) is 0 Å². The first-order chi connectivity index (χ1) is 8.92. The van der Waals surface area contributed by atoms with E-state index >= 15 is 0 Å². The fourth-order valence-electron chi connectivity index (χ4n) is 4.47. The van der Waals surface area contributed by atoms with Crippen LogP contribution in [0, 0.1) is 17.8 Å². The summed E-state index contributed by atoms with van der Waals surface area (Å²) in [5.74, 6) is 3.11. The zero-order chi connectivity index (χ0) is 12.6. The maximum atomic E-state index is 9.14. The Labute approximate surface area is 116 Å². The Bertz CT molecular complexity index is 189. The van der Waals surface area contributed by atoms with Gasteiger partial charge in [-0.25, -0.2) is 0 Å². The fourth-order valence-corrected chi connectivity index (χ4v) is 4.99. The summed E-state index contributed by atoms with van der Waals surface area (Å²) in [6, 6.07) is 1.16. The van der Waals surface area contributed by atoms with E-state index in [9.17, 15) is 0 Å². The lowest BCUT2D eigenvalue weighted by Gasteiger charge is -2.38. The van der Waals surface area contributed by atoms with E-state index in [-0.39, 0.29) is 0 Å². The smallest absolute Gasteiger partial charge is 0.156 e. The minimum absolute atomic E-state index is 0.686. The highest BCUT2D eigenvalue weighted by atomic mass is 28.2. The molecule has 1 nitrogen and oxygen atoms in total. The van der Waals surface area contributed by atoms with Crippen molar-refractivity contribution < 1.29 is 4.80 Å². The van der Waals surface area contributed by atoms with Crippen LogP contribution in [0.4, 0.5) is 0 Å². The van der Waals surface area contributed by atoms with Crippen LogP contribution in [0.25, 0.3) is 0 Å². The lowest BCUT2D eigenvalue weighted by molar-refractivity contribution is 0.134. The van der Waals surface area contributed by atoms with Gasteiger partial charge in [0, 0.05) is 0 Å². The monoisotopic (exact) mass is 268 g/mol. The highest BCUT2D eigenvalue weighted by Gasteiger charge is 2.30. The molecule has 2 fully saturated rings. The molecule has 2 aliphatic rings. The Hall–Kier alpha value is 0.177. The van der Waals surface area contributed by atoms with Gasteiger partial charge < -0.3 is 4.80 Å². The number of hydrogen-bond donors (Lipinski definition) is 1. The Kier molecular flexibility index (Phi) is 6.78. The third-order valence-electron chi connectivity index (χ3n) is 5.46. The minimum Gasteiger partial charge on any atom is -0.438 e. The second-order valence-electron chi connectivity index (χ2n) is 6.68. The first kappa shape index (κ1) is 14.6. The van der Waals surface area contributed by atoms with Crippen molar-refractivity contribution >= 4 is 9.76 Å². The Morgan fingerprint density at radius 2 is 1.33 bits per heavy atom. The number of hydrogen-bond acceptors (Lipinski definition) is 1. The maximum absolute atomic E-state index is 9.14. The topological polar surface area (TPSA) is 20.2 Å². The quantitative estimate of drug-likeness (QED) is 0.569. The molecule has 0 radical (unpaired) electrons. The average molecular weight is 269 g/mol. The zero-order valence-electron chi connectivity index (χ0n) is 12.1. The molecule has 0 unspecified atom stereocenters. The molecule has 0 saturated heterocycles. The Balaban J connectivity index is 1.87. The lowest BCUT2D eigenvalue weighted by Crippen LogP contribution is -2.27. The second-order valence-corrected chi connectivity index (χ2v) is 7.83. The molecule has 2 heteroatoms. The van der Waals surface area contributed by atoms with Crippen molar-refractivity contribution in [3.8, 4) is 0 Å². The minimum atomic E-state index is -0.686. The van der Waals surface area contributed by atoms with Crippen LogP contribution >= 0.6 is 0 Å². The molecule has 0 atom stereocenters. The van der Waals surface area contributed by atoms with Gasteiger partial charge in [-0.3, -0.25) is 0 Å². The summed E-state index contributed by atoms with van der Waals surface area (Å²) in [5, 5.41) is 0.